The summed E-state index contributed by atoms with van der Waals surface area (Å²) >= 11 is 1.58. The molecule has 98 valence electrons. The lowest BCUT2D eigenvalue weighted by Crippen LogP contribution is -2.26. The molecule has 19 heavy (non-hydrogen) atoms. The van der Waals surface area contributed by atoms with Gasteiger partial charge >= 0.3 is 0 Å². The molecule has 1 aromatic carbocycles. The van der Waals surface area contributed by atoms with E-state index in [2.05, 4.69) is 15.5 Å². The van der Waals surface area contributed by atoms with Gasteiger partial charge in [0.15, 0.2) is 0 Å². The molecule has 0 bridgehead atoms. The van der Waals surface area contributed by atoms with Crippen LogP contribution in [0, 0.1) is 12.3 Å². The van der Waals surface area contributed by atoms with Crippen molar-refractivity contribution in [1.29, 1.82) is 5.41 Å². The monoisotopic (exact) mass is 273 g/mol. The van der Waals surface area contributed by atoms with Gasteiger partial charge in [0.05, 0.1) is 16.3 Å². The predicted octanol–water partition coefficient (Wildman–Crippen LogP) is 2.33. The highest BCUT2D eigenvalue weighted by Crippen LogP contribution is 2.28. The minimum Gasteiger partial charge on any atom is -0.369 e. The van der Waals surface area contributed by atoms with Crippen LogP contribution in [0.4, 0.5) is 0 Å². The highest BCUT2D eigenvalue weighted by Gasteiger charge is 2.11. The number of nitrogens with two attached hydrogens (primary N) is 1. The molecule has 1 heterocycles. The Morgan fingerprint density at radius 3 is 2.68 bits per heavy atom. The standard InChI is InChI=1S/C13H15N5S/c1-8-11(9(2)17-18-13(14)15)19-12(16-8)10-6-4-3-5-7-10/h3-7H,1-2H3,(H4,14,15,18)/b17-9-. The molecule has 1 aromatic heterocycles. The number of hydrogen-bond acceptors (Lipinski definition) is 4. The molecule has 0 aliphatic rings. The van der Waals surface area contributed by atoms with Gasteiger partial charge in [0, 0.05) is 5.56 Å². The lowest BCUT2D eigenvalue weighted by molar-refractivity contribution is 0.992. The Morgan fingerprint density at radius 2 is 2.05 bits per heavy atom. The number of hydrazone groups is 1. The van der Waals surface area contributed by atoms with Crippen LogP contribution in [0.1, 0.15) is 17.5 Å². The van der Waals surface area contributed by atoms with Gasteiger partial charge in [-0.2, -0.15) is 5.10 Å². The largest absolute Gasteiger partial charge is 0.369 e. The number of aromatic nitrogens is 1. The number of nitrogens with zero attached hydrogens (tertiary/aromatic N) is 2. The summed E-state index contributed by atoms with van der Waals surface area (Å²) in [5.41, 5.74) is 10.4. The third kappa shape index (κ3) is 3.17. The summed E-state index contributed by atoms with van der Waals surface area (Å²) < 4.78 is 0. The van der Waals surface area contributed by atoms with E-state index in [9.17, 15) is 0 Å². The second kappa shape index (κ2) is 5.62. The number of thiazole rings is 1. The van der Waals surface area contributed by atoms with E-state index in [1.54, 1.807) is 11.3 Å². The van der Waals surface area contributed by atoms with Crippen LogP contribution in [-0.2, 0) is 0 Å². The van der Waals surface area contributed by atoms with Crippen molar-refractivity contribution in [3.63, 3.8) is 0 Å². The third-order valence-electron chi connectivity index (χ3n) is 2.49. The first-order valence-corrected chi connectivity index (χ1v) is 6.57. The molecule has 4 N–H and O–H groups in total. The Bertz CT molecular complexity index is 615. The first-order chi connectivity index (χ1) is 9.08. The zero-order chi connectivity index (χ0) is 13.8. The van der Waals surface area contributed by atoms with Gasteiger partial charge in [-0.15, -0.1) is 11.3 Å². The molecule has 0 saturated heterocycles. The Kier molecular flexibility index (Phi) is 3.91. The number of nitrogens with one attached hydrogen (secondary N) is 2. The van der Waals surface area contributed by atoms with Crippen molar-refractivity contribution in [1.82, 2.24) is 10.4 Å². The smallest absolute Gasteiger partial charge is 0.206 e. The van der Waals surface area contributed by atoms with Crippen LogP contribution >= 0.6 is 11.3 Å². The average molecular weight is 273 g/mol. The molecular formula is C13H15N5S. The fourth-order valence-corrected chi connectivity index (χ4v) is 2.65. The number of guanidine groups is 1. The number of benzene rings is 1. The number of aryl methyl sites for hydroxylation is 1. The second-order valence-corrected chi connectivity index (χ2v) is 5.02. The maximum atomic E-state index is 7.09. The second-order valence-electron chi connectivity index (χ2n) is 4.02. The summed E-state index contributed by atoms with van der Waals surface area (Å²) in [5.74, 6) is -0.176. The van der Waals surface area contributed by atoms with E-state index in [0.717, 1.165) is 26.9 Å². The Morgan fingerprint density at radius 1 is 1.37 bits per heavy atom. The van der Waals surface area contributed by atoms with Crippen molar-refractivity contribution < 1.29 is 0 Å². The molecule has 0 atom stereocenters. The molecule has 0 radical (unpaired) electrons. The van der Waals surface area contributed by atoms with E-state index in [1.165, 1.54) is 0 Å². The van der Waals surface area contributed by atoms with E-state index < -0.39 is 0 Å². The maximum absolute atomic E-state index is 7.09. The van der Waals surface area contributed by atoms with Gasteiger partial charge in [0.2, 0.25) is 5.96 Å². The fourth-order valence-electron chi connectivity index (χ4n) is 1.63. The van der Waals surface area contributed by atoms with E-state index in [1.807, 2.05) is 44.2 Å². The SMILES string of the molecule is C/C(=N/NC(=N)N)c1sc(-c2ccccc2)nc1C. The lowest BCUT2D eigenvalue weighted by Gasteiger charge is -1.99. The minimum atomic E-state index is -0.176. The van der Waals surface area contributed by atoms with Crippen LogP contribution < -0.4 is 11.2 Å². The first-order valence-electron chi connectivity index (χ1n) is 5.75. The Balaban J connectivity index is 2.32. The topological polar surface area (TPSA) is 87.2 Å². The summed E-state index contributed by atoms with van der Waals surface area (Å²) in [7, 11) is 0. The minimum absolute atomic E-state index is 0.176. The van der Waals surface area contributed by atoms with Crippen LogP contribution in [-0.4, -0.2) is 16.7 Å². The Labute approximate surface area is 115 Å². The molecule has 2 aromatic rings. The molecule has 6 heteroatoms. The first kappa shape index (κ1) is 13.2. The molecule has 0 spiro atoms. The van der Waals surface area contributed by atoms with Crippen LogP contribution in [0.5, 0.6) is 0 Å². The van der Waals surface area contributed by atoms with Gasteiger partial charge in [-0.1, -0.05) is 30.3 Å². The quantitative estimate of drug-likeness (QED) is 0.455. The normalized spacial score (nSPS) is 11.4. The van der Waals surface area contributed by atoms with Crippen molar-refractivity contribution >= 4 is 23.0 Å². The molecule has 0 fully saturated rings. The van der Waals surface area contributed by atoms with Crippen molar-refractivity contribution in [2.45, 2.75) is 13.8 Å². The van der Waals surface area contributed by atoms with E-state index in [4.69, 9.17) is 11.1 Å². The summed E-state index contributed by atoms with van der Waals surface area (Å²) in [6.45, 7) is 3.82. The van der Waals surface area contributed by atoms with E-state index in [0.29, 0.717) is 0 Å². The van der Waals surface area contributed by atoms with Crippen molar-refractivity contribution in [3.8, 4) is 10.6 Å². The van der Waals surface area contributed by atoms with Crippen LogP contribution in [0.15, 0.2) is 35.4 Å². The van der Waals surface area contributed by atoms with Gasteiger partial charge in [-0.25, -0.2) is 10.4 Å². The molecule has 0 saturated carbocycles. The molecular weight excluding hydrogens is 258 g/mol. The van der Waals surface area contributed by atoms with Crippen molar-refractivity contribution in [3.05, 3.63) is 40.9 Å². The number of hydrogen-bond donors (Lipinski definition) is 3. The van der Waals surface area contributed by atoms with Crippen molar-refractivity contribution in [2.75, 3.05) is 0 Å². The van der Waals surface area contributed by atoms with Gasteiger partial charge in [0.25, 0.3) is 0 Å². The zero-order valence-electron chi connectivity index (χ0n) is 10.8. The highest BCUT2D eigenvalue weighted by atomic mass is 32.1. The summed E-state index contributed by atoms with van der Waals surface area (Å²) in [4.78, 5) is 5.55. The van der Waals surface area contributed by atoms with Crippen molar-refractivity contribution in [2.24, 2.45) is 10.8 Å². The van der Waals surface area contributed by atoms with Gasteiger partial charge in [-0.3, -0.25) is 5.41 Å². The predicted molar refractivity (Wildman–Crippen MR) is 79.5 cm³/mol. The summed E-state index contributed by atoms with van der Waals surface area (Å²) in [5, 5.41) is 12.1. The molecule has 0 aliphatic carbocycles. The molecule has 2 rings (SSSR count). The highest BCUT2D eigenvalue weighted by molar-refractivity contribution is 7.17. The van der Waals surface area contributed by atoms with E-state index >= 15 is 0 Å². The third-order valence-corrected chi connectivity index (χ3v) is 3.81. The van der Waals surface area contributed by atoms with Crippen LogP contribution in [0.3, 0.4) is 0 Å². The molecule has 0 unspecified atom stereocenters. The summed E-state index contributed by atoms with van der Waals surface area (Å²) in [6.07, 6.45) is 0. The van der Waals surface area contributed by atoms with Gasteiger partial charge in [-0.05, 0) is 13.8 Å². The van der Waals surface area contributed by atoms with Gasteiger partial charge in [0.1, 0.15) is 5.01 Å². The zero-order valence-corrected chi connectivity index (χ0v) is 11.6. The lowest BCUT2D eigenvalue weighted by atomic mass is 10.2. The molecule has 0 aliphatic heterocycles. The Hall–Kier alpha value is -2.21. The maximum Gasteiger partial charge on any atom is 0.206 e. The molecule has 0 amide bonds. The number of rotatable bonds is 3. The fraction of sp³-hybridized carbons (Fsp3) is 0.154. The van der Waals surface area contributed by atoms with Crippen LogP contribution in [0.25, 0.3) is 10.6 Å². The van der Waals surface area contributed by atoms with Gasteiger partial charge < -0.3 is 5.73 Å². The summed E-state index contributed by atoms with van der Waals surface area (Å²) in [6, 6.07) is 10.0. The molecule has 5 nitrogen and oxygen atoms in total. The van der Waals surface area contributed by atoms with Crippen LogP contribution in [0.2, 0.25) is 0 Å². The average Bonchev–Trinajstić information content (AvgIpc) is 2.79. The van der Waals surface area contributed by atoms with E-state index in [-0.39, 0.29) is 5.96 Å².